The Hall–Kier alpha value is -1.48. The SMILES string of the molecule is O=C(O)C1=C(CBr)NC(c2nncs2)=NC1c1ccc(Cl)cc1Cl. The Kier molecular flexibility index (Phi) is 5.19. The molecule has 0 spiro atoms. The summed E-state index contributed by atoms with van der Waals surface area (Å²) in [6.45, 7) is 0. The van der Waals surface area contributed by atoms with E-state index >= 15 is 0 Å². The highest BCUT2D eigenvalue weighted by atomic mass is 79.9. The van der Waals surface area contributed by atoms with E-state index in [0.717, 1.165) is 0 Å². The lowest BCUT2D eigenvalue weighted by Gasteiger charge is -2.25. The molecule has 0 saturated heterocycles. The zero-order chi connectivity index (χ0) is 17.3. The molecule has 2 N–H and O–H groups in total. The molecule has 0 amide bonds. The Morgan fingerprint density at radius 2 is 2.21 bits per heavy atom. The molecule has 0 bridgehead atoms. The van der Waals surface area contributed by atoms with Gasteiger partial charge in [-0.3, -0.25) is 4.99 Å². The number of nitrogens with one attached hydrogen (secondary N) is 1. The first-order valence-corrected chi connectivity index (χ1v) is 9.35. The zero-order valence-electron chi connectivity index (χ0n) is 11.8. The number of carboxylic acid groups (broad SMARTS) is 1. The lowest BCUT2D eigenvalue weighted by Crippen LogP contribution is -2.34. The highest BCUT2D eigenvalue weighted by Crippen LogP contribution is 2.37. The second-order valence-electron chi connectivity index (χ2n) is 4.75. The van der Waals surface area contributed by atoms with Crippen molar-refractivity contribution in [2.45, 2.75) is 6.04 Å². The summed E-state index contributed by atoms with van der Waals surface area (Å²) >= 11 is 16.8. The van der Waals surface area contributed by atoms with E-state index < -0.39 is 12.0 Å². The van der Waals surface area contributed by atoms with E-state index in [4.69, 9.17) is 23.2 Å². The number of hydrogen-bond acceptors (Lipinski definition) is 6. The Balaban J connectivity index is 2.17. The third-order valence-electron chi connectivity index (χ3n) is 3.31. The fourth-order valence-corrected chi connectivity index (χ4v) is 3.74. The van der Waals surface area contributed by atoms with Crippen LogP contribution in [-0.4, -0.2) is 32.4 Å². The van der Waals surface area contributed by atoms with Gasteiger partial charge in [0.15, 0.2) is 10.8 Å². The largest absolute Gasteiger partial charge is 0.478 e. The smallest absolute Gasteiger partial charge is 0.335 e. The molecule has 6 nitrogen and oxygen atoms in total. The van der Waals surface area contributed by atoms with Gasteiger partial charge >= 0.3 is 5.97 Å². The van der Waals surface area contributed by atoms with E-state index in [1.165, 1.54) is 11.3 Å². The molecule has 1 unspecified atom stereocenters. The van der Waals surface area contributed by atoms with Crippen LogP contribution in [0.4, 0.5) is 0 Å². The number of aliphatic carboxylic acids is 1. The van der Waals surface area contributed by atoms with Gasteiger partial charge in [0, 0.05) is 26.6 Å². The van der Waals surface area contributed by atoms with Gasteiger partial charge in [-0.25, -0.2) is 4.79 Å². The molecule has 1 aromatic heterocycles. The number of carbonyl (C=O) groups is 1. The minimum Gasteiger partial charge on any atom is -0.478 e. The van der Waals surface area contributed by atoms with E-state index in [0.29, 0.717) is 37.5 Å². The number of aliphatic imine (C=N–C) groups is 1. The van der Waals surface area contributed by atoms with E-state index in [9.17, 15) is 9.90 Å². The number of amidine groups is 1. The van der Waals surface area contributed by atoms with Crippen LogP contribution in [0.1, 0.15) is 16.6 Å². The van der Waals surface area contributed by atoms with E-state index in [2.05, 4.69) is 36.4 Å². The summed E-state index contributed by atoms with van der Waals surface area (Å²) in [5.74, 6) is -0.624. The minimum atomic E-state index is -1.08. The van der Waals surface area contributed by atoms with Gasteiger partial charge in [-0.1, -0.05) is 56.5 Å². The molecule has 124 valence electrons. The van der Waals surface area contributed by atoms with Crippen LogP contribution in [0.15, 0.2) is 40.0 Å². The van der Waals surface area contributed by atoms with E-state index in [1.807, 2.05) is 0 Å². The Morgan fingerprint density at radius 1 is 1.42 bits per heavy atom. The predicted molar refractivity (Wildman–Crippen MR) is 97.2 cm³/mol. The second kappa shape index (κ2) is 7.18. The number of hydrogen-bond donors (Lipinski definition) is 2. The molecule has 3 rings (SSSR count). The molecule has 1 aliphatic rings. The number of aromatic nitrogens is 2. The van der Waals surface area contributed by atoms with Crippen molar-refractivity contribution in [1.29, 1.82) is 0 Å². The van der Waals surface area contributed by atoms with Crippen LogP contribution in [0.5, 0.6) is 0 Å². The summed E-state index contributed by atoms with van der Waals surface area (Å²) in [6.07, 6.45) is 0. The van der Waals surface area contributed by atoms with Crippen LogP contribution in [0, 0.1) is 0 Å². The van der Waals surface area contributed by atoms with Crippen molar-refractivity contribution >= 4 is 62.3 Å². The van der Waals surface area contributed by atoms with Gasteiger partial charge in [0.25, 0.3) is 0 Å². The van der Waals surface area contributed by atoms with Crippen LogP contribution in [0.25, 0.3) is 0 Å². The van der Waals surface area contributed by atoms with Crippen molar-refractivity contribution in [3.8, 4) is 0 Å². The molecular formula is C14H9BrCl2N4O2S. The second-order valence-corrected chi connectivity index (χ2v) is 6.98. The van der Waals surface area contributed by atoms with Gasteiger partial charge in [-0.2, -0.15) is 0 Å². The van der Waals surface area contributed by atoms with Gasteiger partial charge < -0.3 is 10.4 Å². The molecule has 2 heterocycles. The highest BCUT2D eigenvalue weighted by Gasteiger charge is 2.32. The van der Waals surface area contributed by atoms with E-state index in [-0.39, 0.29) is 5.57 Å². The van der Waals surface area contributed by atoms with Crippen molar-refractivity contribution in [3.63, 3.8) is 0 Å². The molecule has 0 aliphatic carbocycles. The molecule has 0 radical (unpaired) electrons. The summed E-state index contributed by atoms with van der Waals surface area (Å²) in [5, 5.41) is 22.1. The van der Waals surface area contributed by atoms with Crippen molar-refractivity contribution in [3.05, 3.63) is 55.6 Å². The first-order chi connectivity index (χ1) is 11.5. The fourth-order valence-electron chi connectivity index (χ4n) is 2.29. The number of benzene rings is 1. The quantitative estimate of drug-likeness (QED) is 0.698. The summed E-state index contributed by atoms with van der Waals surface area (Å²) in [7, 11) is 0. The topological polar surface area (TPSA) is 87.5 Å². The Bertz CT molecular complexity index is 854. The third kappa shape index (κ3) is 3.32. The summed E-state index contributed by atoms with van der Waals surface area (Å²) in [6, 6.07) is 4.11. The number of halogens is 3. The first kappa shape index (κ1) is 17.3. The Morgan fingerprint density at radius 3 is 2.79 bits per heavy atom. The number of rotatable bonds is 4. The average Bonchev–Trinajstić information content (AvgIpc) is 3.08. The molecule has 0 fully saturated rings. The third-order valence-corrected chi connectivity index (χ3v) is 5.13. The lowest BCUT2D eigenvalue weighted by atomic mass is 9.96. The van der Waals surface area contributed by atoms with Gasteiger partial charge in [-0.15, -0.1) is 10.2 Å². The van der Waals surface area contributed by atoms with Crippen LogP contribution >= 0.6 is 50.5 Å². The van der Waals surface area contributed by atoms with Gasteiger partial charge in [-0.05, 0) is 12.1 Å². The molecule has 10 heteroatoms. The van der Waals surface area contributed by atoms with E-state index in [1.54, 1.807) is 23.7 Å². The number of nitrogens with zero attached hydrogens (tertiary/aromatic N) is 3. The van der Waals surface area contributed by atoms with Crippen LogP contribution in [-0.2, 0) is 4.79 Å². The standard InChI is InChI=1S/C14H9BrCl2N4O2S/c15-4-9-10(14(22)23)11(7-2-1-6(16)3-8(7)17)20-12(19-9)13-21-18-5-24-13/h1-3,5,11H,4H2,(H,19,20)(H,22,23). The monoisotopic (exact) mass is 446 g/mol. The van der Waals surface area contributed by atoms with Gasteiger partial charge in [0.2, 0.25) is 0 Å². The van der Waals surface area contributed by atoms with Crippen molar-refractivity contribution in [1.82, 2.24) is 15.5 Å². The van der Waals surface area contributed by atoms with Crippen LogP contribution in [0.3, 0.4) is 0 Å². The minimum absolute atomic E-state index is 0.115. The molecule has 2 aromatic rings. The summed E-state index contributed by atoms with van der Waals surface area (Å²) in [4.78, 5) is 16.3. The number of alkyl halides is 1. The number of carboxylic acids is 1. The summed E-state index contributed by atoms with van der Waals surface area (Å²) < 4.78 is 0. The average molecular weight is 448 g/mol. The molecule has 1 atom stereocenters. The normalized spacial score (nSPS) is 17.5. The van der Waals surface area contributed by atoms with Gasteiger partial charge in [0.05, 0.1) is 5.57 Å². The molecule has 1 aromatic carbocycles. The first-order valence-electron chi connectivity index (χ1n) is 6.60. The van der Waals surface area contributed by atoms with Crippen molar-refractivity contribution in [2.24, 2.45) is 4.99 Å². The van der Waals surface area contributed by atoms with Crippen LogP contribution in [0.2, 0.25) is 10.0 Å². The fraction of sp³-hybridized carbons (Fsp3) is 0.143. The predicted octanol–water partition coefficient (Wildman–Crippen LogP) is 3.67. The Labute approximate surface area is 159 Å². The maximum Gasteiger partial charge on any atom is 0.335 e. The summed E-state index contributed by atoms with van der Waals surface area (Å²) in [5.41, 5.74) is 2.73. The maximum absolute atomic E-state index is 11.8. The zero-order valence-corrected chi connectivity index (χ0v) is 15.7. The van der Waals surface area contributed by atoms with Gasteiger partial charge in [0.1, 0.15) is 11.6 Å². The van der Waals surface area contributed by atoms with Crippen molar-refractivity contribution in [2.75, 3.05) is 5.33 Å². The molecular weight excluding hydrogens is 439 g/mol. The number of allylic oxidation sites excluding steroid dienone is 1. The highest BCUT2D eigenvalue weighted by molar-refractivity contribution is 9.09. The molecule has 0 saturated carbocycles. The lowest BCUT2D eigenvalue weighted by molar-refractivity contribution is -0.133. The van der Waals surface area contributed by atoms with Crippen LogP contribution < -0.4 is 5.32 Å². The molecule has 1 aliphatic heterocycles. The maximum atomic E-state index is 11.8. The molecule has 24 heavy (non-hydrogen) atoms. The van der Waals surface area contributed by atoms with Crippen molar-refractivity contribution < 1.29 is 9.90 Å².